The first kappa shape index (κ1) is 15.9. The number of cyclic esters (lactones) is 1. The second-order valence-corrected chi connectivity index (χ2v) is 4.90. The third kappa shape index (κ3) is 3.40. The van der Waals surface area contributed by atoms with Gasteiger partial charge in [0.05, 0.1) is 17.8 Å². The fourth-order valence-electron chi connectivity index (χ4n) is 1.90. The zero-order valence-corrected chi connectivity index (χ0v) is 12.2. The second-order valence-electron chi connectivity index (χ2n) is 4.46. The molecule has 2 amide bonds. The maximum atomic E-state index is 14.0. The summed E-state index contributed by atoms with van der Waals surface area (Å²) < 4.78 is 19.0. The molecular weight excluding hydrogens is 313 g/mol. The van der Waals surface area contributed by atoms with Crippen molar-refractivity contribution in [2.45, 2.75) is 6.10 Å². The van der Waals surface area contributed by atoms with Crippen molar-refractivity contribution >= 4 is 35.0 Å². The van der Waals surface area contributed by atoms with E-state index in [4.69, 9.17) is 16.2 Å². The van der Waals surface area contributed by atoms with Crippen LogP contribution in [-0.4, -0.2) is 36.3 Å². The van der Waals surface area contributed by atoms with Crippen molar-refractivity contribution in [2.24, 2.45) is 11.5 Å². The van der Waals surface area contributed by atoms with E-state index in [1.165, 1.54) is 17.0 Å². The van der Waals surface area contributed by atoms with Crippen molar-refractivity contribution in [1.82, 2.24) is 10.9 Å². The van der Waals surface area contributed by atoms with E-state index in [9.17, 15) is 14.0 Å². The number of ether oxygens (including phenoxy) is 1. The number of nitrogens with two attached hydrogens (primary N) is 2. The Morgan fingerprint density at radius 2 is 2.23 bits per heavy atom. The van der Waals surface area contributed by atoms with E-state index in [0.717, 1.165) is 6.07 Å². The van der Waals surface area contributed by atoms with Gasteiger partial charge in [0.2, 0.25) is 0 Å². The highest BCUT2D eigenvalue weighted by molar-refractivity contribution is 7.80. The molecule has 1 aromatic carbocycles. The Morgan fingerprint density at radius 3 is 2.77 bits per heavy atom. The lowest BCUT2D eigenvalue weighted by molar-refractivity contribution is 0.0940. The topological polar surface area (TPSA) is 123 Å². The number of halogens is 1. The van der Waals surface area contributed by atoms with Gasteiger partial charge in [-0.2, -0.15) is 0 Å². The minimum atomic E-state index is -0.802. The Hall–Kier alpha value is -2.46. The van der Waals surface area contributed by atoms with E-state index in [2.05, 4.69) is 23.1 Å². The van der Waals surface area contributed by atoms with Gasteiger partial charge in [0.1, 0.15) is 11.9 Å². The molecule has 1 fully saturated rings. The highest BCUT2D eigenvalue weighted by Gasteiger charge is 2.31. The smallest absolute Gasteiger partial charge is 0.414 e. The standard InChI is InChI=1S/C12H14FN5O3S/c13-9-3-6(18-5-7(4-14)21-12(18)20)1-2-8(9)10(19)16-17-11(15)22/h1-3,7H,4-5,14H2,(H,16,19)(H3,15,17,22)/t7-/m0/s1. The number of benzene rings is 1. The molecule has 22 heavy (non-hydrogen) atoms. The van der Waals surface area contributed by atoms with Crippen LogP contribution in [0.1, 0.15) is 10.4 Å². The average molecular weight is 327 g/mol. The fourth-order valence-corrected chi connectivity index (χ4v) is 1.95. The Morgan fingerprint density at radius 1 is 1.50 bits per heavy atom. The van der Waals surface area contributed by atoms with Crippen LogP contribution >= 0.6 is 12.2 Å². The van der Waals surface area contributed by atoms with E-state index in [-0.39, 0.29) is 29.5 Å². The summed E-state index contributed by atoms with van der Waals surface area (Å²) in [7, 11) is 0. The van der Waals surface area contributed by atoms with Crippen molar-refractivity contribution < 1.29 is 18.7 Å². The first-order valence-electron chi connectivity index (χ1n) is 6.26. The van der Waals surface area contributed by atoms with E-state index in [0.29, 0.717) is 0 Å². The quantitative estimate of drug-likeness (QED) is 0.439. The molecule has 1 atom stereocenters. The molecule has 0 spiro atoms. The molecule has 0 saturated carbocycles. The fraction of sp³-hybridized carbons (Fsp3) is 0.250. The van der Waals surface area contributed by atoms with E-state index >= 15 is 0 Å². The number of hydrazine groups is 1. The highest BCUT2D eigenvalue weighted by Crippen LogP contribution is 2.23. The molecule has 8 nitrogen and oxygen atoms in total. The van der Waals surface area contributed by atoms with Crippen molar-refractivity contribution in [3.63, 3.8) is 0 Å². The summed E-state index contributed by atoms with van der Waals surface area (Å²) in [6, 6.07) is 3.74. The largest absolute Gasteiger partial charge is 0.443 e. The Bertz CT molecular complexity index is 627. The lowest BCUT2D eigenvalue weighted by Gasteiger charge is -2.14. The molecule has 0 bridgehead atoms. The number of thiocarbonyl (C=S) groups is 1. The van der Waals surface area contributed by atoms with E-state index in [1.807, 2.05) is 0 Å². The van der Waals surface area contributed by atoms with Crippen LogP contribution in [0.15, 0.2) is 18.2 Å². The Kier molecular flexibility index (Phi) is 4.73. The van der Waals surface area contributed by atoms with Crippen LogP contribution in [0.3, 0.4) is 0 Å². The van der Waals surface area contributed by atoms with Gasteiger partial charge in [0.25, 0.3) is 5.91 Å². The van der Waals surface area contributed by atoms with Crippen LogP contribution in [-0.2, 0) is 4.74 Å². The molecule has 0 aliphatic carbocycles. The van der Waals surface area contributed by atoms with Gasteiger partial charge in [0, 0.05) is 6.54 Å². The normalized spacial score (nSPS) is 17.1. The molecule has 10 heteroatoms. The van der Waals surface area contributed by atoms with Crippen molar-refractivity contribution in [3.8, 4) is 0 Å². The lowest BCUT2D eigenvalue weighted by atomic mass is 10.1. The molecule has 2 rings (SSSR count). The van der Waals surface area contributed by atoms with Crippen LogP contribution in [0.2, 0.25) is 0 Å². The molecule has 0 radical (unpaired) electrons. The summed E-state index contributed by atoms with van der Waals surface area (Å²) in [5, 5.41) is -0.155. The van der Waals surface area contributed by atoms with Gasteiger partial charge in [-0.1, -0.05) is 0 Å². The van der Waals surface area contributed by atoms with Crippen molar-refractivity contribution in [1.29, 1.82) is 0 Å². The van der Waals surface area contributed by atoms with Gasteiger partial charge in [0.15, 0.2) is 5.11 Å². The molecular formula is C12H14FN5O3S. The number of hydrogen-bond acceptors (Lipinski definition) is 5. The maximum Gasteiger partial charge on any atom is 0.414 e. The number of anilines is 1. The SMILES string of the molecule is NC[C@H]1CN(c2ccc(C(=O)NNC(N)=S)c(F)c2)C(=O)O1. The molecule has 1 heterocycles. The molecule has 118 valence electrons. The van der Waals surface area contributed by atoms with E-state index in [1.54, 1.807) is 0 Å². The second kappa shape index (κ2) is 6.54. The number of rotatable bonds is 3. The number of carbonyl (C=O) groups is 2. The third-order valence-corrected chi connectivity index (χ3v) is 3.05. The summed E-state index contributed by atoms with van der Waals surface area (Å²) in [6.07, 6.45) is -1.05. The molecule has 6 N–H and O–H groups in total. The van der Waals surface area contributed by atoms with Crippen LogP contribution in [0.25, 0.3) is 0 Å². The monoisotopic (exact) mass is 327 g/mol. The van der Waals surface area contributed by atoms with Crippen LogP contribution in [0.5, 0.6) is 0 Å². The first-order chi connectivity index (χ1) is 10.4. The zero-order chi connectivity index (χ0) is 16.3. The van der Waals surface area contributed by atoms with Gasteiger partial charge in [-0.05, 0) is 30.4 Å². The molecule has 0 aromatic heterocycles. The third-order valence-electron chi connectivity index (χ3n) is 2.95. The van der Waals surface area contributed by atoms with E-state index < -0.39 is 23.9 Å². The Balaban J connectivity index is 2.14. The molecule has 1 saturated heterocycles. The molecule has 1 aromatic rings. The average Bonchev–Trinajstić information content (AvgIpc) is 2.85. The minimum absolute atomic E-state index is 0.155. The highest BCUT2D eigenvalue weighted by atomic mass is 32.1. The number of nitrogens with zero attached hydrogens (tertiary/aromatic N) is 1. The zero-order valence-electron chi connectivity index (χ0n) is 11.3. The molecule has 0 unspecified atom stereocenters. The maximum absolute atomic E-state index is 14.0. The molecule has 1 aliphatic heterocycles. The summed E-state index contributed by atoms with van der Waals surface area (Å²) in [5.74, 6) is -1.55. The summed E-state index contributed by atoms with van der Waals surface area (Å²) in [5.41, 5.74) is 15.0. The Labute approximate surface area is 130 Å². The van der Waals surface area contributed by atoms with Crippen LogP contribution in [0.4, 0.5) is 14.9 Å². The predicted octanol–water partition coefficient (Wildman–Crippen LogP) is -0.412. The van der Waals surface area contributed by atoms with Gasteiger partial charge >= 0.3 is 6.09 Å². The summed E-state index contributed by atoms with van der Waals surface area (Å²) in [6.45, 7) is 0.402. The number of amides is 2. The summed E-state index contributed by atoms with van der Waals surface area (Å²) in [4.78, 5) is 24.6. The number of carbonyl (C=O) groups excluding carboxylic acids is 2. The van der Waals surface area contributed by atoms with Gasteiger partial charge in [-0.25, -0.2) is 9.18 Å². The lowest BCUT2D eigenvalue weighted by Crippen LogP contribution is -2.44. The summed E-state index contributed by atoms with van der Waals surface area (Å²) >= 11 is 4.52. The number of hydrogen-bond donors (Lipinski definition) is 4. The van der Waals surface area contributed by atoms with Gasteiger partial charge in [-0.15, -0.1) is 0 Å². The van der Waals surface area contributed by atoms with Gasteiger partial charge < -0.3 is 16.2 Å². The van der Waals surface area contributed by atoms with Crippen LogP contribution in [0, 0.1) is 5.82 Å². The van der Waals surface area contributed by atoms with Crippen molar-refractivity contribution in [2.75, 3.05) is 18.0 Å². The predicted molar refractivity (Wildman–Crippen MR) is 80.5 cm³/mol. The minimum Gasteiger partial charge on any atom is -0.443 e. The van der Waals surface area contributed by atoms with Gasteiger partial charge in [-0.3, -0.25) is 20.5 Å². The molecule has 1 aliphatic rings. The van der Waals surface area contributed by atoms with Crippen molar-refractivity contribution in [3.05, 3.63) is 29.6 Å². The van der Waals surface area contributed by atoms with Crippen LogP contribution < -0.4 is 27.2 Å². The number of nitrogens with one attached hydrogen (secondary N) is 2. The first-order valence-corrected chi connectivity index (χ1v) is 6.66.